The number of hydrogen-bond donors (Lipinski definition) is 0. The lowest BCUT2D eigenvalue weighted by molar-refractivity contribution is 0.306. The number of hydrogen-bond acceptors (Lipinski definition) is 1. The molecule has 1 aliphatic carbocycles. The Hall–Kier alpha value is -0.560. The number of rotatable bonds is 0. The van der Waals surface area contributed by atoms with Gasteiger partial charge in [-0.15, -0.1) is 0 Å². The molecule has 0 N–H and O–H groups in total. The Kier molecular flexibility index (Phi) is 3.00. The van der Waals surface area contributed by atoms with Crippen LogP contribution >= 0.6 is 0 Å². The monoisotopic (exact) mass is 220 g/mol. The molecule has 1 nitrogen and oxygen atoms in total. The van der Waals surface area contributed by atoms with Gasteiger partial charge in [-0.05, 0) is 44.9 Å². The summed E-state index contributed by atoms with van der Waals surface area (Å²) in [5.74, 6) is 0. The molecule has 0 saturated carbocycles. The molecule has 0 unspecified atom stereocenters. The minimum absolute atomic E-state index is 0.136. The van der Waals surface area contributed by atoms with Gasteiger partial charge in [0.15, 0.2) is 0 Å². The van der Waals surface area contributed by atoms with Crippen LogP contribution in [-0.4, -0.2) is 11.7 Å². The van der Waals surface area contributed by atoms with Crippen LogP contribution in [0.5, 0.6) is 0 Å². The summed E-state index contributed by atoms with van der Waals surface area (Å²) in [4.78, 5) is 0. The van der Waals surface area contributed by atoms with Crippen molar-refractivity contribution in [3.8, 4) is 0 Å². The molecular formula is C15H24O. The Bertz CT molecular complexity index is 324. The first-order chi connectivity index (χ1) is 7.41. The summed E-state index contributed by atoms with van der Waals surface area (Å²) in [6.45, 7) is 9.10. The zero-order valence-electron chi connectivity index (χ0n) is 11.0. The van der Waals surface area contributed by atoms with Gasteiger partial charge in [-0.2, -0.15) is 0 Å². The van der Waals surface area contributed by atoms with E-state index in [1.807, 2.05) is 0 Å². The predicted octanol–water partition coefficient (Wildman–Crippen LogP) is 4.25. The van der Waals surface area contributed by atoms with Crippen LogP contribution in [-0.2, 0) is 4.74 Å². The Morgan fingerprint density at radius 1 is 1.25 bits per heavy atom. The van der Waals surface area contributed by atoms with E-state index < -0.39 is 0 Å². The molecule has 2 aliphatic rings. The maximum atomic E-state index is 5.82. The van der Waals surface area contributed by atoms with E-state index in [0.29, 0.717) is 6.10 Å². The van der Waals surface area contributed by atoms with E-state index in [-0.39, 0.29) is 11.0 Å². The topological polar surface area (TPSA) is 12.5 Å². The number of fused-ring (bicyclic) bond motifs is 1. The van der Waals surface area contributed by atoms with Crippen LogP contribution in [0.15, 0.2) is 23.8 Å². The third kappa shape index (κ3) is 2.76. The fraction of sp³-hybridized carbons (Fsp3) is 0.733. The zero-order valence-corrected chi connectivity index (χ0v) is 11.0. The van der Waals surface area contributed by atoms with Gasteiger partial charge in [0.1, 0.15) is 0 Å². The summed E-state index contributed by atoms with van der Waals surface area (Å²) in [6.07, 6.45) is 12.2. The SMILES string of the molecule is C/C1=C\CC(C)(C)/C=C/C[C@@]2(C)O[C@H]2CC1. The summed E-state index contributed by atoms with van der Waals surface area (Å²) in [5, 5.41) is 0. The van der Waals surface area contributed by atoms with Crippen molar-refractivity contribution in [3.05, 3.63) is 23.8 Å². The highest BCUT2D eigenvalue weighted by atomic mass is 16.6. The lowest BCUT2D eigenvalue weighted by Gasteiger charge is -2.18. The third-order valence-corrected chi connectivity index (χ3v) is 3.91. The molecule has 16 heavy (non-hydrogen) atoms. The molecule has 1 heterocycles. The van der Waals surface area contributed by atoms with E-state index in [9.17, 15) is 0 Å². The molecule has 2 atom stereocenters. The Labute approximate surface area is 99.6 Å². The molecule has 1 heteroatoms. The molecular weight excluding hydrogens is 196 g/mol. The standard InChI is InChI=1S/C15H24O/c1-12-6-7-13-15(4,16-13)10-5-9-14(2,3)11-8-12/h5,8-9,13H,6-7,10-11H2,1-4H3/b9-5+,12-8+/t13-,15+/m0/s1. The molecule has 0 aromatic rings. The highest BCUT2D eigenvalue weighted by Crippen LogP contribution is 2.43. The van der Waals surface area contributed by atoms with Gasteiger partial charge >= 0.3 is 0 Å². The predicted molar refractivity (Wildman–Crippen MR) is 68.4 cm³/mol. The summed E-state index contributed by atoms with van der Waals surface area (Å²) in [6, 6.07) is 0. The Morgan fingerprint density at radius 2 is 2.00 bits per heavy atom. The summed E-state index contributed by atoms with van der Waals surface area (Å²) < 4.78 is 5.82. The molecule has 1 saturated heterocycles. The van der Waals surface area contributed by atoms with Crippen molar-refractivity contribution < 1.29 is 4.74 Å². The van der Waals surface area contributed by atoms with E-state index in [4.69, 9.17) is 4.74 Å². The van der Waals surface area contributed by atoms with Crippen LogP contribution in [0, 0.1) is 5.41 Å². The normalized spacial score (nSPS) is 43.5. The van der Waals surface area contributed by atoms with Crippen LogP contribution in [0.3, 0.4) is 0 Å². The molecule has 0 bridgehead atoms. The second kappa shape index (κ2) is 4.03. The molecule has 0 spiro atoms. The van der Waals surface area contributed by atoms with Crippen molar-refractivity contribution in [1.29, 1.82) is 0 Å². The fourth-order valence-electron chi connectivity index (χ4n) is 2.41. The van der Waals surface area contributed by atoms with Crippen molar-refractivity contribution in [2.75, 3.05) is 0 Å². The quantitative estimate of drug-likeness (QED) is 0.439. The minimum Gasteiger partial charge on any atom is -0.366 e. The van der Waals surface area contributed by atoms with Gasteiger partial charge in [0.05, 0.1) is 11.7 Å². The van der Waals surface area contributed by atoms with Gasteiger partial charge in [-0.1, -0.05) is 37.6 Å². The zero-order chi connectivity index (χ0) is 11.8. The second-order valence-corrected chi connectivity index (χ2v) is 6.31. The van der Waals surface area contributed by atoms with Crippen molar-refractivity contribution in [3.63, 3.8) is 0 Å². The average molecular weight is 220 g/mol. The summed E-state index contributed by atoms with van der Waals surface area (Å²) in [7, 11) is 0. The van der Waals surface area contributed by atoms with Crippen molar-refractivity contribution in [2.24, 2.45) is 5.41 Å². The van der Waals surface area contributed by atoms with Crippen LogP contribution in [0.25, 0.3) is 0 Å². The smallest absolute Gasteiger partial charge is 0.0954 e. The van der Waals surface area contributed by atoms with Crippen LogP contribution in [0.4, 0.5) is 0 Å². The Balaban J connectivity index is 2.11. The van der Waals surface area contributed by atoms with Gasteiger partial charge in [-0.3, -0.25) is 0 Å². The molecule has 1 fully saturated rings. The second-order valence-electron chi connectivity index (χ2n) is 6.31. The first-order valence-electron chi connectivity index (χ1n) is 6.42. The maximum Gasteiger partial charge on any atom is 0.0954 e. The molecule has 0 aromatic carbocycles. The highest BCUT2D eigenvalue weighted by molar-refractivity contribution is 5.11. The van der Waals surface area contributed by atoms with E-state index in [1.165, 1.54) is 18.4 Å². The summed E-state index contributed by atoms with van der Waals surface area (Å²) in [5.41, 5.74) is 1.94. The lowest BCUT2D eigenvalue weighted by atomic mass is 9.87. The number of ether oxygens (including phenoxy) is 1. The molecule has 0 radical (unpaired) electrons. The first kappa shape index (κ1) is 11.9. The Morgan fingerprint density at radius 3 is 2.75 bits per heavy atom. The van der Waals surface area contributed by atoms with E-state index in [0.717, 1.165) is 12.8 Å². The molecule has 1 aliphatic heterocycles. The van der Waals surface area contributed by atoms with Gasteiger partial charge in [-0.25, -0.2) is 0 Å². The number of allylic oxidation sites excluding steroid dienone is 3. The van der Waals surface area contributed by atoms with Crippen molar-refractivity contribution in [2.45, 2.75) is 65.1 Å². The molecule has 0 aromatic heterocycles. The van der Waals surface area contributed by atoms with Gasteiger partial charge in [0.25, 0.3) is 0 Å². The molecule has 2 rings (SSSR count). The van der Waals surface area contributed by atoms with E-state index >= 15 is 0 Å². The lowest BCUT2D eigenvalue weighted by Crippen LogP contribution is -2.09. The first-order valence-corrected chi connectivity index (χ1v) is 6.42. The van der Waals surface area contributed by atoms with Crippen molar-refractivity contribution >= 4 is 0 Å². The molecule has 0 amide bonds. The molecule has 90 valence electrons. The minimum atomic E-state index is 0.136. The van der Waals surface area contributed by atoms with Gasteiger partial charge in [0, 0.05) is 0 Å². The largest absolute Gasteiger partial charge is 0.366 e. The van der Waals surface area contributed by atoms with E-state index in [2.05, 4.69) is 45.9 Å². The van der Waals surface area contributed by atoms with Crippen molar-refractivity contribution in [1.82, 2.24) is 0 Å². The van der Waals surface area contributed by atoms with Crippen LogP contribution in [0.2, 0.25) is 0 Å². The number of epoxide rings is 1. The summed E-state index contributed by atoms with van der Waals surface area (Å²) >= 11 is 0. The highest BCUT2D eigenvalue weighted by Gasteiger charge is 2.50. The van der Waals surface area contributed by atoms with Crippen LogP contribution in [0.1, 0.15) is 53.4 Å². The van der Waals surface area contributed by atoms with Crippen LogP contribution < -0.4 is 0 Å². The third-order valence-electron chi connectivity index (χ3n) is 3.91. The maximum absolute atomic E-state index is 5.82. The fourth-order valence-corrected chi connectivity index (χ4v) is 2.41. The van der Waals surface area contributed by atoms with Gasteiger partial charge in [0.2, 0.25) is 0 Å². The van der Waals surface area contributed by atoms with E-state index in [1.54, 1.807) is 0 Å². The van der Waals surface area contributed by atoms with Gasteiger partial charge < -0.3 is 4.74 Å². The average Bonchev–Trinajstić information content (AvgIpc) is 2.82.